The maximum absolute atomic E-state index is 10.9. The average Bonchev–Trinajstić information content (AvgIpc) is 2.78. The van der Waals surface area contributed by atoms with Gasteiger partial charge in [-0.15, -0.1) is 0 Å². The first-order chi connectivity index (χ1) is 15.4. The van der Waals surface area contributed by atoms with Gasteiger partial charge in [0.25, 0.3) is 5.69 Å². The second kappa shape index (κ2) is 10.8. The number of nitriles is 1. The molecule has 3 rings (SSSR count). The predicted molar refractivity (Wildman–Crippen MR) is 128 cm³/mol. The Bertz CT molecular complexity index is 1190. The summed E-state index contributed by atoms with van der Waals surface area (Å²) < 4.78 is 12.4. The van der Waals surface area contributed by atoms with Gasteiger partial charge in [-0.1, -0.05) is 23.7 Å². The third kappa shape index (κ3) is 5.88. The second-order valence-corrected chi connectivity index (χ2v) is 7.94. The van der Waals surface area contributed by atoms with Crippen LogP contribution in [0.25, 0.3) is 11.6 Å². The van der Waals surface area contributed by atoms with Gasteiger partial charge < -0.3 is 9.47 Å². The summed E-state index contributed by atoms with van der Waals surface area (Å²) in [4.78, 5) is 10.4. The summed E-state index contributed by atoms with van der Waals surface area (Å²) >= 11 is 9.46. The van der Waals surface area contributed by atoms with E-state index in [2.05, 4.69) is 22.0 Å². The highest BCUT2D eigenvalue weighted by atomic mass is 79.9. The third-order valence-electron chi connectivity index (χ3n) is 4.45. The van der Waals surface area contributed by atoms with Gasteiger partial charge in [0.15, 0.2) is 11.5 Å². The molecule has 0 saturated carbocycles. The molecule has 0 spiro atoms. The second-order valence-electron chi connectivity index (χ2n) is 6.65. The molecule has 3 aromatic rings. The quantitative estimate of drug-likeness (QED) is 0.139. The van der Waals surface area contributed by atoms with Crippen molar-refractivity contribution in [3.63, 3.8) is 0 Å². The summed E-state index contributed by atoms with van der Waals surface area (Å²) in [6.07, 6.45) is 1.69. The SMILES string of the molecule is CCOc1cc(/C=C(/C#N)c2ccc([N+](=O)[O-])cc2)cc(Br)c1OCc1ccc(Cl)cc1. The molecule has 0 saturated heterocycles. The van der Waals surface area contributed by atoms with Crippen LogP contribution in [-0.2, 0) is 6.61 Å². The number of hydrogen-bond acceptors (Lipinski definition) is 5. The number of halogens is 2. The van der Waals surface area contributed by atoms with Crippen molar-refractivity contribution in [3.8, 4) is 17.6 Å². The fourth-order valence-corrected chi connectivity index (χ4v) is 3.62. The van der Waals surface area contributed by atoms with Crippen molar-refractivity contribution in [1.29, 1.82) is 5.26 Å². The van der Waals surface area contributed by atoms with Crippen molar-refractivity contribution >= 4 is 44.9 Å². The highest BCUT2D eigenvalue weighted by molar-refractivity contribution is 9.10. The van der Waals surface area contributed by atoms with Crippen LogP contribution in [0.3, 0.4) is 0 Å². The zero-order valence-corrected chi connectivity index (χ0v) is 19.4. The Kier molecular flexibility index (Phi) is 7.87. The molecule has 0 aromatic heterocycles. The topological polar surface area (TPSA) is 85.4 Å². The molecule has 0 radical (unpaired) electrons. The van der Waals surface area contributed by atoms with E-state index in [-0.39, 0.29) is 5.69 Å². The highest BCUT2D eigenvalue weighted by Crippen LogP contribution is 2.38. The summed E-state index contributed by atoms with van der Waals surface area (Å²) in [5.41, 5.74) is 2.58. The Morgan fingerprint density at radius 1 is 1.16 bits per heavy atom. The highest BCUT2D eigenvalue weighted by Gasteiger charge is 2.13. The van der Waals surface area contributed by atoms with Crippen LogP contribution < -0.4 is 9.47 Å². The number of ether oxygens (including phenoxy) is 2. The van der Waals surface area contributed by atoms with E-state index < -0.39 is 4.92 Å². The number of non-ortho nitro benzene ring substituents is 1. The van der Waals surface area contributed by atoms with Crippen molar-refractivity contribution in [2.75, 3.05) is 6.61 Å². The molecule has 0 heterocycles. The molecular formula is C24H18BrClN2O4. The molecule has 0 bridgehead atoms. The van der Waals surface area contributed by atoms with E-state index in [0.717, 1.165) is 5.56 Å². The van der Waals surface area contributed by atoms with Gasteiger partial charge in [-0.3, -0.25) is 10.1 Å². The molecule has 0 fully saturated rings. The van der Waals surface area contributed by atoms with E-state index in [4.69, 9.17) is 21.1 Å². The zero-order chi connectivity index (χ0) is 23.1. The molecule has 0 amide bonds. The molecule has 8 heteroatoms. The fraction of sp³-hybridized carbons (Fsp3) is 0.125. The number of hydrogen-bond donors (Lipinski definition) is 0. The van der Waals surface area contributed by atoms with E-state index in [9.17, 15) is 15.4 Å². The fourth-order valence-electron chi connectivity index (χ4n) is 2.92. The van der Waals surface area contributed by atoms with Crippen LogP contribution in [0.1, 0.15) is 23.6 Å². The summed E-state index contributed by atoms with van der Waals surface area (Å²) in [7, 11) is 0. The smallest absolute Gasteiger partial charge is 0.269 e. The Balaban J connectivity index is 1.90. The minimum absolute atomic E-state index is 0.0328. The Morgan fingerprint density at radius 2 is 1.84 bits per heavy atom. The van der Waals surface area contributed by atoms with Crippen molar-refractivity contribution in [1.82, 2.24) is 0 Å². The maximum Gasteiger partial charge on any atom is 0.269 e. The summed E-state index contributed by atoms with van der Waals surface area (Å²) in [6, 6.07) is 19.0. The third-order valence-corrected chi connectivity index (χ3v) is 5.29. The van der Waals surface area contributed by atoms with Gasteiger partial charge in [-0.05, 0) is 82.0 Å². The molecule has 0 unspecified atom stereocenters. The molecule has 3 aromatic carbocycles. The van der Waals surface area contributed by atoms with Crippen LogP contribution in [0.5, 0.6) is 11.5 Å². The Morgan fingerprint density at radius 3 is 2.44 bits per heavy atom. The number of rotatable bonds is 8. The molecular weight excluding hydrogens is 496 g/mol. The van der Waals surface area contributed by atoms with Crippen molar-refractivity contribution in [2.24, 2.45) is 0 Å². The normalized spacial score (nSPS) is 11.0. The molecule has 0 aliphatic rings. The Hall–Kier alpha value is -3.34. The van der Waals surface area contributed by atoms with Crippen LogP contribution in [0, 0.1) is 21.4 Å². The average molecular weight is 514 g/mol. The monoisotopic (exact) mass is 512 g/mol. The molecule has 0 aliphatic carbocycles. The lowest BCUT2D eigenvalue weighted by Crippen LogP contribution is -2.01. The van der Waals surface area contributed by atoms with Gasteiger partial charge in [-0.2, -0.15) is 5.26 Å². The lowest BCUT2D eigenvalue weighted by Gasteiger charge is -2.15. The molecule has 6 nitrogen and oxygen atoms in total. The predicted octanol–water partition coefficient (Wildman–Crippen LogP) is 7.05. The molecule has 0 N–H and O–H groups in total. The van der Waals surface area contributed by atoms with E-state index in [0.29, 0.717) is 50.9 Å². The molecule has 32 heavy (non-hydrogen) atoms. The maximum atomic E-state index is 10.9. The van der Waals surface area contributed by atoms with Crippen LogP contribution in [-0.4, -0.2) is 11.5 Å². The Labute approximate surface area is 198 Å². The van der Waals surface area contributed by atoms with E-state index >= 15 is 0 Å². The van der Waals surface area contributed by atoms with Crippen molar-refractivity contribution < 1.29 is 14.4 Å². The van der Waals surface area contributed by atoms with Gasteiger partial charge in [0.1, 0.15) is 6.61 Å². The first kappa shape index (κ1) is 23.3. The van der Waals surface area contributed by atoms with E-state index in [1.165, 1.54) is 12.1 Å². The molecule has 0 aliphatic heterocycles. The van der Waals surface area contributed by atoms with Gasteiger partial charge in [0, 0.05) is 17.2 Å². The largest absolute Gasteiger partial charge is 0.490 e. The van der Waals surface area contributed by atoms with E-state index in [1.54, 1.807) is 36.4 Å². The molecule has 162 valence electrons. The number of nitro groups is 1. The first-order valence-corrected chi connectivity index (χ1v) is 10.8. The molecule has 0 atom stereocenters. The number of allylic oxidation sites excluding steroid dienone is 1. The standard InChI is InChI=1S/C24H18BrClN2O4/c1-2-31-23-13-17(11-19(14-27)18-5-9-21(10-6-18)28(29)30)12-22(25)24(23)32-15-16-3-7-20(26)8-4-16/h3-13H,2,15H2,1H3/b19-11-. The van der Waals surface area contributed by atoms with Crippen LogP contribution in [0.2, 0.25) is 5.02 Å². The summed E-state index contributed by atoms with van der Waals surface area (Å²) in [5.74, 6) is 1.08. The zero-order valence-electron chi connectivity index (χ0n) is 17.0. The summed E-state index contributed by atoms with van der Waals surface area (Å²) in [6.45, 7) is 2.64. The van der Waals surface area contributed by atoms with Gasteiger partial charge in [0.2, 0.25) is 0 Å². The summed E-state index contributed by atoms with van der Waals surface area (Å²) in [5, 5.41) is 21.1. The van der Waals surface area contributed by atoms with Gasteiger partial charge in [-0.25, -0.2) is 0 Å². The van der Waals surface area contributed by atoms with Crippen LogP contribution >= 0.6 is 27.5 Å². The van der Waals surface area contributed by atoms with Gasteiger partial charge >= 0.3 is 0 Å². The number of nitrogens with zero attached hydrogens (tertiary/aromatic N) is 2. The van der Waals surface area contributed by atoms with E-state index in [1.807, 2.05) is 25.1 Å². The van der Waals surface area contributed by atoms with Crippen molar-refractivity contribution in [3.05, 3.63) is 97.0 Å². The van der Waals surface area contributed by atoms with Gasteiger partial charge in [0.05, 0.1) is 27.6 Å². The minimum Gasteiger partial charge on any atom is -0.490 e. The lowest BCUT2D eigenvalue weighted by molar-refractivity contribution is -0.384. The number of benzene rings is 3. The first-order valence-electron chi connectivity index (χ1n) is 9.61. The lowest BCUT2D eigenvalue weighted by atomic mass is 10.0. The number of nitro benzene ring substituents is 1. The van der Waals surface area contributed by atoms with Crippen LogP contribution in [0.4, 0.5) is 5.69 Å². The van der Waals surface area contributed by atoms with Crippen LogP contribution in [0.15, 0.2) is 65.1 Å². The minimum atomic E-state index is -0.478. The van der Waals surface area contributed by atoms with Crippen molar-refractivity contribution in [2.45, 2.75) is 13.5 Å².